The lowest BCUT2D eigenvalue weighted by molar-refractivity contribution is -0.131. The van der Waals surface area contributed by atoms with Crippen LogP contribution in [0.4, 0.5) is 0 Å². The monoisotopic (exact) mass is 227 g/mol. The van der Waals surface area contributed by atoms with Crippen molar-refractivity contribution >= 4 is 5.91 Å². The molecule has 4 nitrogen and oxygen atoms in total. The van der Waals surface area contributed by atoms with E-state index >= 15 is 0 Å². The van der Waals surface area contributed by atoms with Gasteiger partial charge in [0.2, 0.25) is 5.91 Å². The summed E-state index contributed by atoms with van der Waals surface area (Å²) in [5, 5.41) is 3.16. The smallest absolute Gasteiger partial charge is 0.236 e. The zero-order chi connectivity index (χ0) is 12.0. The van der Waals surface area contributed by atoms with E-state index in [0.29, 0.717) is 12.6 Å². The lowest BCUT2D eigenvalue weighted by Crippen LogP contribution is -2.47. The Labute approximate surface area is 99.0 Å². The van der Waals surface area contributed by atoms with Crippen LogP contribution >= 0.6 is 0 Å². The molecular formula is C12H25N3O. The van der Waals surface area contributed by atoms with Gasteiger partial charge >= 0.3 is 0 Å². The second-order valence-corrected chi connectivity index (χ2v) is 4.72. The van der Waals surface area contributed by atoms with E-state index in [4.69, 9.17) is 0 Å². The van der Waals surface area contributed by atoms with Crippen LogP contribution in [-0.4, -0.2) is 62.0 Å². The first-order valence-electron chi connectivity index (χ1n) is 6.30. The molecule has 16 heavy (non-hydrogen) atoms. The van der Waals surface area contributed by atoms with Gasteiger partial charge in [-0.1, -0.05) is 6.92 Å². The fourth-order valence-corrected chi connectivity index (χ4v) is 2.08. The van der Waals surface area contributed by atoms with Crippen molar-refractivity contribution in [2.75, 3.05) is 40.3 Å². The van der Waals surface area contributed by atoms with E-state index in [1.165, 1.54) is 0 Å². The molecular weight excluding hydrogens is 202 g/mol. The Morgan fingerprint density at radius 2 is 2.06 bits per heavy atom. The molecule has 0 radical (unpaired) electrons. The predicted molar refractivity (Wildman–Crippen MR) is 66.4 cm³/mol. The number of nitrogens with one attached hydrogen (secondary N) is 1. The van der Waals surface area contributed by atoms with E-state index in [9.17, 15) is 4.79 Å². The van der Waals surface area contributed by atoms with Gasteiger partial charge in [-0.3, -0.25) is 4.79 Å². The topological polar surface area (TPSA) is 35.6 Å². The van der Waals surface area contributed by atoms with Crippen molar-refractivity contribution in [2.45, 2.75) is 32.2 Å². The van der Waals surface area contributed by atoms with E-state index in [1.807, 2.05) is 11.9 Å². The van der Waals surface area contributed by atoms with Gasteiger partial charge in [0.15, 0.2) is 0 Å². The van der Waals surface area contributed by atoms with Crippen LogP contribution < -0.4 is 5.32 Å². The number of carbonyl (C=O) groups excluding carboxylic acids is 1. The summed E-state index contributed by atoms with van der Waals surface area (Å²) in [6.07, 6.45) is 3.28. The molecule has 0 atom stereocenters. The molecule has 94 valence electrons. The van der Waals surface area contributed by atoms with Gasteiger partial charge in [0, 0.05) is 13.1 Å². The number of likely N-dealkylation sites (N-methyl/N-ethyl adjacent to an activating group) is 1. The van der Waals surface area contributed by atoms with Crippen LogP contribution in [0.25, 0.3) is 0 Å². The van der Waals surface area contributed by atoms with Crippen LogP contribution in [0.2, 0.25) is 0 Å². The summed E-state index contributed by atoms with van der Waals surface area (Å²) in [6, 6.07) is 0.437. The first-order valence-corrected chi connectivity index (χ1v) is 6.30. The molecule has 1 fully saturated rings. The molecule has 0 aromatic rings. The van der Waals surface area contributed by atoms with Crippen molar-refractivity contribution in [3.8, 4) is 0 Å². The van der Waals surface area contributed by atoms with Crippen LogP contribution in [0.5, 0.6) is 0 Å². The van der Waals surface area contributed by atoms with Crippen molar-refractivity contribution in [3.05, 3.63) is 0 Å². The van der Waals surface area contributed by atoms with Crippen molar-refractivity contribution < 1.29 is 4.79 Å². The van der Waals surface area contributed by atoms with Crippen molar-refractivity contribution in [3.63, 3.8) is 0 Å². The normalized spacial score (nSPS) is 18.7. The minimum Gasteiger partial charge on any atom is -0.342 e. The SMILES string of the molecule is CCCNCC(=O)N(C)C1CCN(C)CC1. The van der Waals surface area contributed by atoms with Gasteiger partial charge in [0.05, 0.1) is 6.54 Å². The quantitative estimate of drug-likeness (QED) is 0.696. The average molecular weight is 227 g/mol. The van der Waals surface area contributed by atoms with Crippen LogP contribution in [0.1, 0.15) is 26.2 Å². The van der Waals surface area contributed by atoms with Gasteiger partial charge in [-0.2, -0.15) is 0 Å². The zero-order valence-electron chi connectivity index (χ0n) is 10.8. The largest absolute Gasteiger partial charge is 0.342 e. The highest BCUT2D eigenvalue weighted by Crippen LogP contribution is 2.13. The minimum atomic E-state index is 0.225. The van der Waals surface area contributed by atoms with Crippen LogP contribution in [0, 0.1) is 0 Å². The van der Waals surface area contributed by atoms with Crippen LogP contribution in [0.3, 0.4) is 0 Å². The molecule has 1 N–H and O–H groups in total. The number of hydrogen-bond donors (Lipinski definition) is 1. The maximum atomic E-state index is 11.8. The lowest BCUT2D eigenvalue weighted by Gasteiger charge is -2.35. The summed E-state index contributed by atoms with van der Waals surface area (Å²) in [5.41, 5.74) is 0. The lowest BCUT2D eigenvalue weighted by atomic mass is 10.0. The van der Waals surface area contributed by atoms with Gasteiger partial charge < -0.3 is 15.1 Å². The van der Waals surface area contributed by atoms with E-state index in [0.717, 1.165) is 38.9 Å². The highest BCUT2D eigenvalue weighted by Gasteiger charge is 2.23. The molecule has 0 aliphatic carbocycles. The van der Waals surface area contributed by atoms with Gasteiger partial charge in [-0.25, -0.2) is 0 Å². The number of amides is 1. The maximum Gasteiger partial charge on any atom is 0.236 e. The van der Waals surface area contributed by atoms with E-state index in [1.54, 1.807) is 0 Å². The van der Waals surface area contributed by atoms with Gasteiger partial charge in [-0.05, 0) is 45.9 Å². The Balaban J connectivity index is 2.27. The average Bonchev–Trinajstić information content (AvgIpc) is 2.29. The van der Waals surface area contributed by atoms with Crippen molar-refractivity contribution in [1.29, 1.82) is 0 Å². The number of piperidine rings is 1. The Morgan fingerprint density at radius 1 is 1.44 bits per heavy atom. The second kappa shape index (κ2) is 6.86. The number of likely N-dealkylation sites (tertiary alicyclic amines) is 1. The Morgan fingerprint density at radius 3 is 2.62 bits per heavy atom. The molecule has 0 unspecified atom stereocenters. The molecule has 1 aliphatic rings. The first-order chi connectivity index (χ1) is 7.65. The fraction of sp³-hybridized carbons (Fsp3) is 0.917. The van der Waals surface area contributed by atoms with Crippen molar-refractivity contribution in [2.24, 2.45) is 0 Å². The molecule has 1 aliphatic heterocycles. The fourth-order valence-electron chi connectivity index (χ4n) is 2.08. The highest BCUT2D eigenvalue weighted by molar-refractivity contribution is 5.78. The third-order valence-electron chi connectivity index (χ3n) is 3.33. The summed E-state index contributed by atoms with van der Waals surface area (Å²) >= 11 is 0. The molecule has 0 aromatic carbocycles. The molecule has 1 amide bonds. The summed E-state index contributed by atoms with van der Waals surface area (Å²) in [4.78, 5) is 16.1. The summed E-state index contributed by atoms with van der Waals surface area (Å²) in [6.45, 7) is 5.72. The highest BCUT2D eigenvalue weighted by atomic mass is 16.2. The molecule has 4 heteroatoms. The third kappa shape index (κ3) is 4.10. The molecule has 0 bridgehead atoms. The summed E-state index contributed by atoms with van der Waals surface area (Å²) in [7, 11) is 4.08. The molecule has 1 saturated heterocycles. The molecule has 0 saturated carbocycles. The molecule has 1 rings (SSSR count). The maximum absolute atomic E-state index is 11.8. The molecule has 0 spiro atoms. The first kappa shape index (κ1) is 13.5. The van der Waals surface area contributed by atoms with Gasteiger partial charge in [-0.15, -0.1) is 0 Å². The summed E-state index contributed by atoms with van der Waals surface area (Å²) in [5.74, 6) is 0.225. The number of nitrogens with zero attached hydrogens (tertiary/aromatic N) is 2. The van der Waals surface area contributed by atoms with E-state index < -0.39 is 0 Å². The third-order valence-corrected chi connectivity index (χ3v) is 3.33. The standard InChI is InChI=1S/C12H25N3O/c1-4-7-13-10-12(16)15(3)11-5-8-14(2)9-6-11/h11,13H,4-10H2,1-3H3. The van der Waals surface area contributed by atoms with Crippen molar-refractivity contribution in [1.82, 2.24) is 15.1 Å². The molecule has 0 aromatic heterocycles. The second-order valence-electron chi connectivity index (χ2n) is 4.72. The Kier molecular flexibility index (Phi) is 5.77. The molecule has 1 heterocycles. The minimum absolute atomic E-state index is 0.225. The summed E-state index contributed by atoms with van der Waals surface area (Å²) < 4.78 is 0. The van der Waals surface area contributed by atoms with E-state index in [2.05, 4.69) is 24.2 Å². The number of rotatable bonds is 5. The predicted octanol–water partition coefficient (Wildman–Crippen LogP) is 0.539. The van der Waals surface area contributed by atoms with Crippen LogP contribution in [-0.2, 0) is 4.79 Å². The zero-order valence-corrected chi connectivity index (χ0v) is 10.8. The Bertz CT molecular complexity index is 212. The van der Waals surface area contributed by atoms with Crippen LogP contribution in [0.15, 0.2) is 0 Å². The number of carbonyl (C=O) groups is 1. The Hall–Kier alpha value is -0.610. The number of hydrogen-bond acceptors (Lipinski definition) is 3. The van der Waals surface area contributed by atoms with Gasteiger partial charge in [0.1, 0.15) is 0 Å². The van der Waals surface area contributed by atoms with E-state index in [-0.39, 0.29) is 5.91 Å². The van der Waals surface area contributed by atoms with Gasteiger partial charge in [0.25, 0.3) is 0 Å².